The highest BCUT2D eigenvalue weighted by molar-refractivity contribution is 5.94. The van der Waals surface area contributed by atoms with E-state index >= 15 is 0 Å². The molecule has 0 aromatic heterocycles. The molecule has 1 fully saturated rings. The van der Waals surface area contributed by atoms with E-state index in [9.17, 15) is 4.79 Å². The van der Waals surface area contributed by atoms with Crippen LogP contribution in [0.1, 0.15) is 30.6 Å². The van der Waals surface area contributed by atoms with Crippen LogP contribution in [0, 0.1) is 5.92 Å². The highest BCUT2D eigenvalue weighted by Crippen LogP contribution is 2.28. The van der Waals surface area contributed by atoms with Crippen molar-refractivity contribution in [3.05, 3.63) is 36.4 Å². The van der Waals surface area contributed by atoms with E-state index in [0.29, 0.717) is 36.1 Å². The number of ether oxygens (including phenoxy) is 3. The van der Waals surface area contributed by atoms with Crippen LogP contribution in [0.2, 0.25) is 0 Å². The number of nitrogens with one attached hydrogen (secondary N) is 1. The fraction of sp³-hybridized carbons (Fsp3) is 0.500. The zero-order valence-corrected chi connectivity index (χ0v) is 14.0. The van der Waals surface area contributed by atoms with Gasteiger partial charge in [0, 0.05) is 18.0 Å². The third-order valence-corrected chi connectivity index (χ3v) is 4.05. The number of carbonyl (C=O) groups is 1. The van der Waals surface area contributed by atoms with Crippen molar-refractivity contribution < 1.29 is 19.0 Å². The maximum absolute atomic E-state index is 12.3. The minimum absolute atomic E-state index is 0.120. The second kappa shape index (κ2) is 8.02. The molecule has 1 saturated heterocycles. The Bertz CT molecular complexity index is 558. The zero-order chi connectivity index (χ0) is 16.8. The lowest BCUT2D eigenvalue weighted by Gasteiger charge is -2.15. The van der Waals surface area contributed by atoms with Crippen LogP contribution < -0.4 is 14.8 Å². The molecule has 126 valence electrons. The molecule has 0 unspecified atom stereocenters. The van der Waals surface area contributed by atoms with Gasteiger partial charge in [-0.05, 0) is 38.5 Å². The van der Waals surface area contributed by atoms with Gasteiger partial charge in [0.15, 0.2) is 11.5 Å². The fourth-order valence-electron chi connectivity index (χ4n) is 2.80. The van der Waals surface area contributed by atoms with Crippen LogP contribution in [-0.2, 0) is 4.74 Å². The Morgan fingerprint density at radius 3 is 2.83 bits per heavy atom. The predicted octanol–water partition coefficient (Wildman–Crippen LogP) is 2.80. The number of hydrogen-bond donors (Lipinski definition) is 1. The highest BCUT2D eigenvalue weighted by Gasteiger charge is 2.29. The summed E-state index contributed by atoms with van der Waals surface area (Å²) in [5.74, 6) is 1.36. The Balaban J connectivity index is 1.97. The van der Waals surface area contributed by atoms with E-state index < -0.39 is 0 Å². The Morgan fingerprint density at radius 2 is 2.22 bits per heavy atom. The largest absolute Gasteiger partial charge is 0.493 e. The van der Waals surface area contributed by atoms with Crippen molar-refractivity contribution in [3.63, 3.8) is 0 Å². The molecule has 1 aromatic rings. The molecule has 0 spiro atoms. The molecule has 0 aliphatic carbocycles. The molecule has 1 N–H and O–H groups in total. The summed E-state index contributed by atoms with van der Waals surface area (Å²) in [5, 5.41) is 2.97. The first-order chi connectivity index (χ1) is 11.0. The summed E-state index contributed by atoms with van der Waals surface area (Å²) in [4.78, 5) is 12.3. The zero-order valence-electron chi connectivity index (χ0n) is 14.0. The first-order valence-corrected chi connectivity index (χ1v) is 7.90. The van der Waals surface area contributed by atoms with Crippen molar-refractivity contribution in [1.29, 1.82) is 0 Å². The molecule has 0 bridgehead atoms. The average Bonchev–Trinajstić information content (AvgIpc) is 2.88. The lowest BCUT2D eigenvalue weighted by atomic mass is 10.0. The molecule has 2 rings (SSSR count). The number of benzene rings is 1. The molecule has 1 aliphatic rings. The molecule has 3 atom stereocenters. The average molecular weight is 319 g/mol. The number of hydrogen-bond acceptors (Lipinski definition) is 4. The normalized spacial score (nSPS) is 23.3. The van der Waals surface area contributed by atoms with Gasteiger partial charge in [0.2, 0.25) is 0 Å². The summed E-state index contributed by atoms with van der Waals surface area (Å²) >= 11 is 0. The van der Waals surface area contributed by atoms with Crippen LogP contribution >= 0.6 is 0 Å². The van der Waals surface area contributed by atoms with Crippen molar-refractivity contribution in [2.24, 2.45) is 5.92 Å². The van der Waals surface area contributed by atoms with Crippen molar-refractivity contribution in [2.45, 2.75) is 32.5 Å². The number of methoxy groups -OCH3 is 1. The topological polar surface area (TPSA) is 56.8 Å². The highest BCUT2D eigenvalue weighted by atomic mass is 16.5. The molecule has 1 amide bonds. The van der Waals surface area contributed by atoms with Gasteiger partial charge in [0.25, 0.3) is 5.91 Å². The van der Waals surface area contributed by atoms with Gasteiger partial charge in [-0.3, -0.25) is 4.79 Å². The smallest absolute Gasteiger partial charge is 0.251 e. The van der Waals surface area contributed by atoms with E-state index in [1.807, 2.05) is 0 Å². The minimum atomic E-state index is -0.120. The monoisotopic (exact) mass is 319 g/mol. The summed E-state index contributed by atoms with van der Waals surface area (Å²) in [6, 6.07) is 5.15. The van der Waals surface area contributed by atoms with Gasteiger partial charge < -0.3 is 19.5 Å². The maximum atomic E-state index is 12.3. The van der Waals surface area contributed by atoms with Crippen LogP contribution in [0.5, 0.6) is 11.5 Å². The van der Waals surface area contributed by atoms with Crippen molar-refractivity contribution >= 4 is 5.91 Å². The Hall–Kier alpha value is -2.01. The van der Waals surface area contributed by atoms with Crippen molar-refractivity contribution in [1.82, 2.24) is 5.32 Å². The summed E-state index contributed by atoms with van der Waals surface area (Å²) in [6.07, 6.45) is 3.06. The Labute approximate surface area is 137 Å². The summed E-state index contributed by atoms with van der Waals surface area (Å²) in [5.41, 5.74) is 0.549. The SMILES string of the molecule is C=CCOc1ccc(C(=O)NC[C@@H]2C[C@H](C)O[C@H]2C)cc1OC. The predicted molar refractivity (Wildman–Crippen MR) is 89.1 cm³/mol. The first-order valence-electron chi connectivity index (χ1n) is 7.90. The molecule has 5 nitrogen and oxygen atoms in total. The number of amides is 1. The second-order valence-electron chi connectivity index (χ2n) is 5.82. The summed E-state index contributed by atoms with van der Waals surface area (Å²) < 4.78 is 16.5. The summed E-state index contributed by atoms with van der Waals surface area (Å²) in [7, 11) is 1.55. The van der Waals surface area contributed by atoms with Crippen molar-refractivity contribution in [2.75, 3.05) is 20.3 Å². The summed E-state index contributed by atoms with van der Waals surface area (Å²) in [6.45, 7) is 8.72. The van der Waals surface area contributed by atoms with Crippen LogP contribution in [0.4, 0.5) is 0 Å². The van der Waals surface area contributed by atoms with Gasteiger partial charge >= 0.3 is 0 Å². The molecule has 5 heteroatoms. The Morgan fingerprint density at radius 1 is 1.43 bits per heavy atom. The molecule has 1 aromatic carbocycles. The lowest BCUT2D eigenvalue weighted by molar-refractivity contribution is 0.0557. The standard InChI is InChI=1S/C18H25NO4/c1-5-8-22-16-7-6-14(10-17(16)21-4)18(20)19-11-15-9-12(2)23-13(15)3/h5-7,10,12-13,15H,1,8-9,11H2,2-4H3,(H,19,20)/t12-,13-,15-/m0/s1. The van der Waals surface area contributed by atoms with E-state index in [-0.39, 0.29) is 18.1 Å². The molecule has 1 aliphatic heterocycles. The molecular weight excluding hydrogens is 294 g/mol. The van der Waals surface area contributed by atoms with E-state index in [0.717, 1.165) is 6.42 Å². The second-order valence-corrected chi connectivity index (χ2v) is 5.82. The van der Waals surface area contributed by atoms with Gasteiger partial charge in [0.05, 0.1) is 19.3 Å². The van der Waals surface area contributed by atoms with Gasteiger partial charge in [-0.2, -0.15) is 0 Å². The van der Waals surface area contributed by atoms with Gasteiger partial charge in [-0.1, -0.05) is 12.7 Å². The molecule has 1 heterocycles. The third-order valence-electron chi connectivity index (χ3n) is 4.05. The molecular formula is C18H25NO4. The van der Waals surface area contributed by atoms with E-state index in [2.05, 4.69) is 25.7 Å². The van der Waals surface area contributed by atoms with Gasteiger partial charge in [0.1, 0.15) is 6.61 Å². The first kappa shape index (κ1) is 17.3. The van der Waals surface area contributed by atoms with Gasteiger partial charge in [-0.25, -0.2) is 0 Å². The molecule has 0 radical (unpaired) electrons. The quantitative estimate of drug-likeness (QED) is 0.785. The van der Waals surface area contributed by atoms with E-state index in [4.69, 9.17) is 14.2 Å². The van der Waals surface area contributed by atoms with Crippen LogP contribution in [0.3, 0.4) is 0 Å². The van der Waals surface area contributed by atoms with Crippen LogP contribution in [-0.4, -0.2) is 38.4 Å². The maximum Gasteiger partial charge on any atom is 0.251 e. The molecule has 23 heavy (non-hydrogen) atoms. The lowest BCUT2D eigenvalue weighted by Crippen LogP contribution is -2.31. The Kier molecular flexibility index (Phi) is 6.04. The van der Waals surface area contributed by atoms with Crippen LogP contribution in [0.15, 0.2) is 30.9 Å². The number of rotatable bonds is 7. The van der Waals surface area contributed by atoms with E-state index in [1.165, 1.54) is 0 Å². The van der Waals surface area contributed by atoms with Crippen molar-refractivity contribution in [3.8, 4) is 11.5 Å². The molecule has 0 saturated carbocycles. The van der Waals surface area contributed by atoms with Gasteiger partial charge in [-0.15, -0.1) is 0 Å². The fourth-order valence-corrected chi connectivity index (χ4v) is 2.80. The third kappa shape index (κ3) is 4.48. The number of carbonyl (C=O) groups excluding carboxylic acids is 1. The van der Waals surface area contributed by atoms with Crippen LogP contribution in [0.25, 0.3) is 0 Å². The minimum Gasteiger partial charge on any atom is -0.493 e. The van der Waals surface area contributed by atoms with E-state index in [1.54, 1.807) is 31.4 Å².